The summed E-state index contributed by atoms with van der Waals surface area (Å²) in [5.74, 6) is -2.26. The molecule has 0 aliphatic rings. The number of amides is 1. The number of hydrogen-bond donors (Lipinski definition) is 3. The van der Waals surface area contributed by atoms with Crippen LogP contribution in [0, 0.1) is 11.7 Å². The van der Waals surface area contributed by atoms with Gasteiger partial charge in [-0.15, -0.1) is 0 Å². The van der Waals surface area contributed by atoms with Gasteiger partial charge < -0.3 is 16.2 Å². The van der Waals surface area contributed by atoms with Gasteiger partial charge in [-0.3, -0.25) is 4.79 Å². The molecule has 4 N–H and O–H groups in total. The van der Waals surface area contributed by atoms with Crippen molar-refractivity contribution in [2.24, 2.45) is 11.7 Å². The smallest absolute Gasteiger partial charge is 0.335 e. The molecule has 18 heavy (non-hydrogen) atoms. The molecule has 0 saturated heterocycles. The van der Waals surface area contributed by atoms with Crippen LogP contribution >= 0.6 is 0 Å². The normalized spacial score (nSPS) is 11.9. The first kappa shape index (κ1) is 14.1. The summed E-state index contributed by atoms with van der Waals surface area (Å²) in [4.78, 5) is 22.3. The summed E-state index contributed by atoms with van der Waals surface area (Å²) in [6, 6.07) is 3.23. The molecule has 0 aliphatic heterocycles. The van der Waals surface area contributed by atoms with E-state index in [0.717, 1.165) is 18.2 Å². The first-order valence-corrected chi connectivity index (χ1v) is 5.46. The van der Waals surface area contributed by atoms with Gasteiger partial charge in [-0.2, -0.15) is 0 Å². The summed E-state index contributed by atoms with van der Waals surface area (Å²) in [6.45, 7) is 2.15. The Kier molecular flexibility index (Phi) is 4.79. The highest BCUT2D eigenvalue weighted by molar-refractivity contribution is 5.94. The minimum atomic E-state index is -1.18. The second-order valence-electron chi connectivity index (χ2n) is 4.09. The third-order valence-corrected chi connectivity index (χ3v) is 2.42. The van der Waals surface area contributed by atoms with Crippen LogP contribution in [0.3, 0.4) is 0 Å². The van der Waals surface area contributed by atoms with Crippen molar-refractivity contribution in [3.63, 3.8) is 0 Å². The topological polar surface area (TPSA) is 92.4 Å². The predicted octanol–water partition coefficient (Wildman–Crippen LogP) is 1.45. The number of carboxylic acids is 1. The van der Waals surface area contributed by atoms with E-state index in [1.54, 1.807) is 6.92 Å². The quantitative estimate of drug-likeness (QED) is 0.741. The third-order valence-electron chi connectivity index (χ3n) is 2.42. The van der Waals surface area contributed by atoms with E-state index < -0.39 is 17.7 Å². The van der Waals surface area contributed by atoms with Gasteiger partial charge >= 0.3 is 5.97 Å². The largest absolute Gasteiger partial charge is 0.478 e. The number of carboxylic acid groups (broad SMARTS) is 1. The number of rotatable bonds is 5. The predicted molar refractivity (Wildman–Crippen MR) is 64.8 cm³/mol. The highest BCUT2D eigenvalue weighted by atomic mass is 19.1. The molecule has 5 nitrogen and oxygen atoms in total. The zero-order valence-corrected chi connectivity index (χ0v) is 9.94. The van der Waals surface area contributed by atoms with Crippen LogP contribution in [0.25, 0.3) is 0 Å². The minimum absolute atomic E-state index is 0.0179. The molecule has 0 aliphatic carbocycles. The van der Waals surface area contributed by atoms with Crippen molar-refractivity contribution in [1.29, 1.82) is 0 Å². The van der Waals surface area contributed by atoms with Gasteiger partial charge in [0.1, 0.15) is 5.82 Å². The Morgan fingerprint density at radius 1 is 1.50 bits per heavy atom. The van der Waals surface area contributed by atoms with E-state index in [4.69, 9.17) is 10.8 Å². The number of nitrogens with one attached hydrogen (secondary N) is 1. The summed E-state index contributed by atoms with van der Waals surface area (Å²) in [6.07, 6.45) is 0.160. The van der Waals surface area contributed by atoms with Crippen LogP contribution in [-0.4, -0.2) is 23.5 Å². The summed E-state index contributed by atoms with van der Waals surface area (Å²) in [5.41, 5.74) is 5.16. The minimum Gasteiger partial charge on any atom is -0.478 e. The molecular weight excluding hydrogens is 239 g/mol. The Hall–Kier alpha value is -1.95. The Balaban J connectivity index is 2.80. The van der Waals surface area contributed by atoms with E-state index in [1.165, 1.54) is 0 Å². The van der Waals surface area contributed by atoms with Crippen molar-refractivity contribution >= 4 is 17.6 Å². The van der Waals surface area contributed by atoms with Gasteiger partial charge in [0.15, 0.2) is 0 Å². The molecule has 0 bridgehead atoms. The SMILES string of the molecule is CC(CN)CC(=O)Nc1cc(C(=O)O)ccc1F. The van der Waals surface area contributed by atoms with Crippen LogP contribution in [0.2, 0.25) is 0 Å². The van der Waals surface area contributed by atoms with Crippen molar-refractivity contribution in [1.82, 2.24) is 0 Å². The van der Waals surface area contributed by atoms with Crippen molar-refractivity contribution < 1.29 is 19.1 Å². The van der Waals surface area contributed by atoms with E-state index in [9.17, 15) is 14.0 Å². The number of nitrogens with two attached hydrogens (primary N) is 1. The fourth-order valence-corrected chi connectivity index (χ4v) is 1.36. The molecule has 1 aromatic rings. The molecule has 0 fully saturated rings. The molecule has 1 amide bonds. The van der Waals surface area contributed by atoms with Gasteiger partial charge in [0.2, 0.25) is 5.91 Å². The Morgan fingerprint density at radius 2 is 2.17 bits per heavy atom. The van der Waals surface area contributed by atoms with E-state index in [0.29, 0.717) is 6.54 Å². The highest BCUT2D eigenvalue weighted by Crippen LogP contribution is 2.17. The molecule has 1 aromatic carbocycles. The molecule has 0 saturated carbocycles. The van der Waals surface area contributed by atoms with E-state index in [2.05, 4.69) is 5.32 Å². The maximum atomic E-state index is 13.4. The Morgan fingerprint density at radius 3 is 2.72 bits per heavy atom. The average Bonchev–Trinajstić information content (AvgIpc) is 2.31. The molecule has 1 rings (SSSR count). The molecule has 6 heteroatoms. The molecular formula is C12H15FN2O3. The molecule has 0 heterocycles. The number of hydrogen-bond acceptors (Lipinski definition) is 3. The molecule has 0 aromatic heterocycles. The summed E-state index contributed by atoms with van der Waals surface area (Å²) in [7, 11) is 0. The maximum absolute atomic E-state index is 13.4. The molecule has 98 valence electrons. The van der Waals surface area contributed by atoms with Crippen LogP contribution in [0.5, 0.6) is 0 Å². The number of carbonyl (C=O) groups excluding carboxylic acids is 1. The number of carbonyl (C=O) groups is 2. The van der Waals surface area contributed by atoms with Crippen LogP contribution in [-0.2, 0) is 4.79 Å². The van der Waals surface area contributed by atoms with Crippen LogP contribution in [0.15, 0.2) is 18.2 Å². The fourth-order valence-electron chi connectivity index (χ4n) is 1.36. The van der Waals surface area contributed by atoms with Gasteiger partial charge in [0, 0.05) is 6.42 Å². The van der Waals surface area contributed by atoms with Crippen molar-refractivity contribution in [2.75, 3.05) is 11.9 Å². The Bertz CT molecular complexity index is 463. The number of benzene rings is 1. The molecule has 1 atom stereocenters. The maximum Gasteiger partial charge on any atom is 0.335 e. The molecule has 0 radical (unpaired) electrons. The van der Waals surface area contributed by atoms with Crippen molar-refractivity contribution in [2.45, 2.75) is 13.3 Å². The van der Waals surface area contributed by atoms with Gasteiger partial charge in [-0.1, -0.05) is 6.92 Å². The van der Waals surface area contributed by atoms with Gasteiger partial charge in [0.25, 0.3) is 0 Å². The van der Waals surface area contributed by atoms with Gasteiger partial charge in [-0.25, -0.2) is 9.18 Å². The van der Waals surface area contributed by atoms with Crippen LogP contribution < -0.4 is 11.1 Å². The number of anilines is 1. The lowest BCUT2D eigenvalue weighted by atomic mass is 10.1. The van der Waals surface area contributed by atoms with Crippen molar-refractivity contribution in [3.05, 3.63) is 29.6 Å². The number of halogens is 1. The summed E-state index contributed by atoms with van der Waals surface area (Å²) in [5, 5.41) is 11.1. The molecule has 0 spiro atoms. The lowest BCUT2D eigenvalue weighted by Gasteiger charge is -2.10. The molecule has 1 unspecified atom stereocenters. The van der Waals surface area contributed by atoms with Crippen molar-refractivity contribution in [3.8, 4) is 0 Å². The second kappa shape index (κ2) is 6.11. The van der Waals surface area contributed by atoms with E-state index in [-0.39, 0.29) is 23.6 Å². The lowest BCUT2D eigenvalue weighted by molar-refractivity contribution is -0.116. The summed E-state index contributed by atoms with van der Waals surface area (Å²) < 4.78 is 13.4. The lowest BCUT2D eigenvalue weighted by Crippen LogP contribution is -2.20. The monoisotopic (exact) mass is 254 g/mol. The zero-order chi connectivity index (χ0) is 13.7. The Labute approximate surface area is 104 Å². The first-order chi connectivity index (χ1) is 8.43. The summed E-state index contributed by atoms with van der Waals surface area (Å²) >= 11 is 0. The van der Waals surface area contributed by atoms with Crippen LogP contribution in [0.4, 0.5) is 10.1 Å². The number of aromatic carboxylic acids is 1. The average molecular weight is 254 g/mol. The van der Waals surface area contributed by atoms with E-state index >= 15 is 0 Å². The van der Waals surface area contributed by atoms with Gasteiger partial charge in [-0.05, 0) is 30.7 Å². The van der Waals surface area contributed by atoms with E-state index in [1.807, 2.05) is 0 Å². The zero-order valence-electron chi connectivity index (χ0n) is 9.94. The fraction of sp³-hybridized carbons (Fsp3) is 0.333. The second-order valence-corrected chi connectivity index (χ2v) is 4.09. The van der Waals surface area contributed by atoms with Gasteiger partial charge in [0.05, 0.1) is 11.3 Å². The highest BCUT2D eigenvalue weighted by Gasteiger charge is 2.12. The standard InChI is InChI=1S/C12H15FN2O3/c1-7(6-14)4-11(16)15-10-5-8(12(17)18)2-3-9(10)13/h2-3,5,7H,4,6,14H2,1H3,(H,15,16)(H,17,18). The first-order valence-electron chi connectivity index (χ1n) is 5.46. The van der Waals surface area contributed by atoms with Crippen LogP contribution in [0.1, 0.15) is 23.7 Å². The third kappa shape index (κ3) is 3.81.